The Hall–Kier alpha value is -1.72. The smallest absolute Gasteiger partial charge is 0.205 e. The van der Waals surface area contributed by atoms with E-state index >= 15 is 0 Å². The molecule has 5 nitrogen and oxygen atoms in total. The van der Waals surface area contributed by atoms with Gasteiger partial charge in [0.05, 0.1) is 11.7 Å². The van der Waals surface area contributed by atoms with E-state index in [1.807, 2.05) is 0 Å². The number of fused-ring (bicyclic) bond motifs is 1. The fraction of sp³-hybridized carbons (Fsp3) is 0.385. The van der Waals surface area contributed by atoms with Gasteiger partial charge in [-0.2, -0.15) is 0 Å². The van der Waals surface area contributed by atoms with E-state index in [1.165, 1.54) is 25.3 Å². The highest BCUT2D eigenvalue weighted by atomic mass is 16.5. The van der Waals surface area contributed by atoms with Crippen molar-refractivity contribution in [2.45, 2.75) is 32.0 Å². The molecule has 18 heavy (non-hydrogen) atoms. The standard InChI is InChI=1S/C13H14O5/c1-7(14)3-9-4-8-5-11(15)13(2,17)12(16)10(8)6-18-9/h4-7,14,17H,3H2,1-2H3/t7?,13-/m1/s1. The third-order valence-corrected chi connectivity index (χ3v) is 2.91. The second-order valence-electron chi connectivity index (χ2n) is 4.68. The maximum atomic E-state index is 11.9. The Morgan fingerprint density at radius 2 is 2.06 bits per heavy atom. The molecule has 96 valence electrons. The molecule has 0 spiro atoms. The minimum absolute atomic E-state index is 0.175. The van der Waals surface area contributed by atoms with Gasteiger partial charge in [-0.1, -0.05) is 0 Å². The number of allylic oxidation sites excluding steroid dienone is 2. The van der Waals surface area contributed by atoms with E-state index in [9.17, 15) is 19.8 Å². The van der Waals surface area contributed by atoms with Gasteiger partial charge < -0.3 is 14.9 Å². The first-order valence-electron chi connectivity index (χ1n) is 5.61. The number of carbonyl (C=O) groups is 2. The number of hydrogen-bond donors (Lipinski definition) is 2. The number of ether oxygens (including phenoxy) is 1. The first kappa shape index (κ1) is 12.7. The summed E-state index contributed by atoms with van der Waals surface area (Å²) < 4.78 is 5.21. The van der Waals surface area contributed by atoms with Gasteiger partial charge in [0, 0.05) is 6.42 Å². The molecule has 1 aliphatic heterocycles. The molecule has 0 saturated carbocycles. The van der Waals surface area contributed by atoms with Gasteiger partial charge in [-0.25, -0.2) is 0 Å². The predicted octanol–water partition coefficient (Wildman–Crippen LogP) is 0.384. The number of hydrogen-bond acceptors (Lipinski definition) is 5. The first-order chi connectivity index (χ1) is 8.32. The largest absolute Gasteiger partial charge is 0.468 e. The van der Waals surface area contributed by atoms with Crippen molar-refractivity contribution in [1.82, 2.24) is 0 Å². The molecular weight excluding hydrogens is 236 g/mol. The average molecular weight is 250 g/mol. The van der Waals surface area contributed by atoms with Crippen LogP contribution in [-0.2, 0) is 14.3 Å². The first-order valence-corrected chi connectivity index (χ1v) is 5.61. The van der Waals surface area contributed by atoms with Crippen LogP contribution in [0.3, 0.4) is 0 Å². The summed E-state index contributed by atoms with van der Waals surface area (Å²) >= 11 is 0. The quantitative estimate of drug-likeness (QED) is 0.692. The highest BCUT2D eigenvalue weighted by Crippen LogP contribution is 2.31. The van der Waals surface area contributed by atoms with E-state index in [0.29, 0.717) is 17.8 Å². The molecule has 0 bridgehead atoms. The highest BCUT2D eigenvalue weighted by Gasteiger charge is 2.44. The van der Waals surface area contributed by atoms with Crippen LogP contribution in [0.25, 0.3) is 0 Å². The summed E-state index contributed by atoms with van der Waals surface area (Å²) in [5, 5.41) is 19.0. The Bertz CT molecular complexity index is 505. The van der Waals surface area contributed by atoms with E-state index in [4.69, 9.17) is 4.74 Å². The molecule has 1 aliphatic carbocycles. The van der Waals surface area contributed by atoms with Crippen LogP contribution in [0.5, 0.6) is 0 Å². The van der Waals surface area contributed by atoms with Gasteiger partial charge in [0.25, 0.3) is 0 Å². The maximum Gasteiger partial charge on any atom is 0.205 e. The van der Waals surface area contributed by atoms with Crippen molar-refractivity contribution in [3.05, 3.63) is 35.3 Å². The predicted molar refractivity (Wildman–Crippen MR) is 62.3 cm³/mol. The summed E-state index contributed by atoms with van der Waals surface area (Å²) in [6, 6.07) is 0. The topological polar surface area (TPSA) is 83.8 Å². The third kappa shape index (κ3) is 2.02. The lowest BCUT2D eigenvalue weighted by atomic mass is 9.80. The highest BCUT2D eigenvalue weighted by molar-refractivity contribution is 6.25. The number of rotatable bonds is 2. The molecular formula is C13H14O5. The van der Waals surface area contributed by atoms with E-state index < -0.39 is 23.3 Å². The van der Waals surface area contributed by atoms with E-state index in [2.05, 4.69) is 0 Å². The molecule has 0 fully saturated rings. The van der Waals surface area contributed by atoms with Crippen LogP contribution >= 0.6 is 0 Å². The van der Waals surface area contributed by atoms with Crippen molar-refractivity contribution in [2.75, 3.05) is 0 Å². The zero-order valence-electron chi connectivity index (χ0n) is 10.1. The molecule has 0 aromatic rings. The normalized spacial score (nSPS) is 28.8. The summed E-state index contributed by atoms with van der Waals surface area (Å²) in [6.45, 7) is 2.78. The van der Waals surface area contributed by atoms with E-state index in [0.717, 1.165) is 0 Å². The van der Waals surface area contributed by atoms with E-state index in [-0.39, 0.29) is 5.57 Å². The van der Waals surface area contributed by atoms with Crippen molar-refractivity contribution < 1.29 is 24.5 Å². The van der Waals surface area contributed by atoms with Crippen molar-refractivity contribution in [2.24, 2.45) is 0 Å². The number of aliphatic hydroxyl groups is 2. The minimum atomic E-state index is -2.02. The van der Waals surface area contributed by atoms with Crippen LogP contribution in [0.4, 0.5) is 0 Å². The van der Waals surface area contributed by atoms with E-state index in [1.54, 1.807) is 6.92 Å². The van der Waals surface area contributed by atoms with Crippen molar-refractivity contribution in [3.63, 3.8) is 0 Å². The van der Waals surface area contributed by atoms with Gasteiger partial charge in [0.15, 0.2) is 11.4 Å². The monoisotopic (exact) mass is 250 g/mol. The van der Waals surface area contributed by atoms with Gasteiger partial charge in [0.2, 0.25) is 5.78 Å². The van der Waals surface area contributed by atoms with Crippen molar-refractivity contribution in [3.8, 4) is 0 Å². The van der Waals surface area contributed by atoms with Crippen LogP contribution in [0.1, 0.15) is 20.3 Å². The van der Waals surface area contributed by atoms with Crippen molar-refractivity contribution >= 4 is 11.6 Å². The Balaban J connectivity index is 2.37. The number of ketones is 2. The lowest BCUT2D eigenvalue weighted by Gasteiger charge is -2.27. The Kier molecular flexibility index (Phi) is 2.96. The third-order valence-electron chi connectivity index (χ3n) is 2.91. The fourth-order valence-electron chi connectivity index (χ4n) is 1.85. The zero-order valence-corrected chi connectivity index (χ0v) is 10.1. The van der Waals surface area contributed by atoms with Gasteiger partial charge in [-0.15, -0.1) is 0 Å². The van der Waals surface area contributed by atoms with Gasteiger partial charge in [-0.05, 0) is 31.6 Å². The molecule has 0 aromatic carbocycles. The average Bonchev–Trinajstić information content (AvgIpc) is 2.26. The molecule has 5 heteroatoms. The number of carbonyl (C=O) groups excluding carboxylic acids is 2. The maximum absolute atomic E-state index is 11.9. The second kappa shape index (κ2) is 4.19. The van der Waals surface area contributed by atoms with Gasteiger partial charge in [0.1, 0.15) is 12.0 Å². The molecule has 2 aliphatic rings. The van der Waals surface area contributed by atoms with Crippen LogP contribution in [0.15, 0.2) is 35.3 Å². The summed E-state index contributed by atoms with van der Waals surface area (Å²) in [4.78, 5) is 23.5. The summed E-state index contributed by atoms with van der Waals surface area (Å²) in [7, 11) is 0. The molecule has 1 unspecified atom stereocenters. The summed E-state index contributed by atoms with van der Waals surface area (Å²) in [5.74, 6) is -0.839. The fourth-order valence-corrected chi connectivity index (χ4v) is 1.85. The van der Waals surface area contributed by atoms with Crippen LogP contribution in [0.2, 0.25) is 0 Å². The SMILES string of the molecule is CC(O)CC1=CC2=CC(=O)[C@@](C)(O)C(=O)C2=CO1. The van der Waals surface area contributed by atoms with Crippen LogP contribution in [-0.4, -0.2) is 33.5 Å². The molecule has 2 N–H and O–H groups in total. The molecule has 2 rings (SSSR count). The Morgan fingerprint density at radius 1 is 1.39 bits per heavy atom. The lowest BCUT2D eigenvalue weighted by Crippen LogP contribution is -2.46. The summed E-state index contributed by atoms with van der Waals surface area (Å²) in [6.07, 6.45) is 3.68. The molecule has 0 radical (unpaired) electrons. The second-order valence-corrected chi connectivity index (χ2v) is 4.68. The minimum Gasteiger partial charge on any atom is -0.468 e. The number of Topliss-reactive ketones (excluding diaryl/α,β-unsaturated/α-hetero) is 1. The molecule has 1 heterocycles. The molecule has 0 amide bonds. The Morgan fingerprint density at radius 3 is 2.67 bits per heavy atom. The molecule has 2 atom stereocenters. The lowest BCUT2D eigenvalue weighted by molar-refractivity contribution is -0.144. The van der Waals surface area contributed by atoms with Crippen LogP contribution < -0.4 is 0 Å². The zero-order chi connectivity index (χ0) is 13.5. The summed E-state index contributed by atoms with van der Waals surface area (Å²) in [5.41, 5.74) is -1.43. The molecule has 0 saturated heterocycles. The Labute approximate surface area is 104 Å². The van der Waals surface area contributed by atoms with Gasteiger partial charge in [-0.3, -0.25) is 9.59 Å². The van der Waals surface area contributed by atoms with Gasteiger partial charge >= 0.3 is 0 Å². The van der Waals surface area contributed by atoms with Crippen LogP contribution in [0, 0.1) is 0 Å². The number of aliphatic hydroxyl groups excluding tert-OH is 1. The van der Waals surface area contributed by atoms with Crippen molar-refractivity contribution in [1.29, 1.82) is 0 Å². The molecule has 0 aromatic heterocycles.